The van der Waals surface area contributed by atoms with Crippen LogP contribution >= 0.6 is 0 Å². The molecule has 20 heavy (non-hydrogen) atoms. The maximum absolute atomic E-state index is 12.6. The van der Waals surface area contributed by atoms with E-state index in [9.17, 15) is 17.4 Å². The smallest absolute Gasteiger partial charge is 0.361 e. The number of rotatable bonds is 4. The van der Waals surface area contributed by atoms with Crippen molar-refractivity contribution in [2.24, 2.45) is 0 Å². The summed E-state index contributed by atoms with van der Waals surface area (Å²) < 4.78 is 54.4. The Bertz CT molecular complexity index is 622. The van der Waals surface area contributed by atoms with Crippen LogP contribution in [0.3, 0.4) is 0 Å². The van der Waals surface area contributed by atoms with Crippen LogP contribution in [0.1, 0.15) is 22.6 Å². The minimum atomic E-state index is -4.39. The molecule has 0 bridgehead atoms. The van der Waals surface area contributed by atoms with E-state index in [1.165, 1.54) is 12.1 Å². The van der Waals surface area contributed by atoms with Crippen molar-refractivity contribution in [1.29, 1.82) is 0 Å². The third-order valence-electron chi connectivity index (χ3n) is 2.57. The Labute approximate surface area is 116 Å². The van der Waals surface area contributed by atoms with E-state index < -0.39 is 22.5 Å². The second-order valence-corrected chi connectivity index (χ2v) is 5.81. The van der Waals surface area contributed by atoms with Crippen LogP contribution < -0.4 is 0 Å². The average Bonchev–Trinajstić information content (AvgIpc) is 2.73. The molecule has 0 aliphatic carbocycles. The van der Waals surface area contributed by atoms with Gasteiger partial charge in [0.15, 0.2) is 0 Å². The van der Waals surface area contributed by atoms with Crippen LogP contribution in [-0.2, 0) is 28.5 Å². The Morgan fingerprint density at radius 2 is 2.00 bits per heavy atom. The second kappa shape index (κ2) is 5.78. The van der Waals surface area contributed by atoms with Crippen LogP contribution in [-0.4, -0.2) is 9.37 Å². The predicted octanol–water partition coefficient (Wildman–Crippen LogP) is 3.45. The van der Waals surface area contributed by atoms with Crippen molar-refractivity contribution >= 4 is 10.8 Å². The van der Waals surface area contributed by atoms with Crippen molar-refractivity contribution in [3.05, 3.63) is 52.9 Å². The summed E-state index contributed by atoms with van der Waals surface area (Å²) in [5.41, 5.74) is 0.190. The molecule has 0 spiro atoms. The molecule has 0 saturated carbocycles. The lowest BCUT2D eigenvalue weighted by Crippen LogP contribution is -2.06. The van der Waals surface area contributed by atoms with E-state index >= 15 is 0 Å². The highest BCUT2D eigenvalue weighted by Crippen LogP contribution is 2.29. The minimum Gasteiger partial charge on any atom is -0.361 e. The standard InChI is InChI=1S/C13H12F3NO2S/c1-9-5-12(17-19-9)8-20(18)7-10-3-2-4-11(6-10)13(14,15)16/h2-6H,7-8H2,1H3/t20-/m0/s1. The Hall–Kier alpha value is -1.63. The van der Waals surface area contributed by atoms with Crippen molar-refractivity contribution in [3.63, 3.8) is 0 Å². The average molecular weight is 303 g/mol. The van der Waals surface area contributed by atoms with E-state index in [1.54, 1.807) is 13.0 Å². The first kappa shape index (κ1) is 14.8. The Kier molecular flexibility index (Phi) is 4.27. The Morgan fingerprint density at radius 1 is 1.25 bits per heavy atom. The van der Waals surface area contributed by atoms with Gasteiger partial charge in [-0.1, -0.05) is 23.4 Å². The normalized spacial score (nSPS) is 13.4. The zero-order valence-corrected chi connectivity index (χ0v) is 11.4. The summed E-state index contributed by atoms with van der Waals surface area (Å²) in [6.45, 7) is 1.71. The summed E-state index contributed by atoms with van der Waals surface area (Å²) in [6.07, 6.45) is -4.39. The summed E-state index contributed by atoms with van der Waals surface area (Å²) in [5, 5.41) is 3.71. The molecule has 7 heteroatoms. The third kappa shape index (κ3) is 3.93. The van der Waals surface area contributed by atoms with Crippen molar-refractivity contribution in [2.75, 3.05) is 0 Å². The van der Waals surface area contributed by atoms with Gasteiger partial charge in [-0.25, -0.2) is 0 Å². The van der Waals surface area contributed by atoms with Gasteiger partial charge >= 0.3 is 6.18 Å². The molecule has 0 aliphatic rings. The highest BCUT2D eigenvalue weighted by Gasteiger charge is 2.30. The number of nitrogens with zero attached hydrogens (tertiary/aromatic N) is 1. The molecular formula is C13H12F3NO2S. The SMILES string of the molecule is Cc1cc(C[S@@](=O)Cc2cccc(C(F)(F)F)c2)no1. The first-order valence-electron chi connectivity index (χ1n) is 5.78. The zero-order valence-electron chi connectivity index (χ0n) is 10.6. The van der Waals surface area contributed by atoms with E-state index in [0.29, 0.717) is 17.0 Å². The number of hydrogen-bond acceptors (Lipinski definition) is 3. The molecule has 0 radical (unpaired) electrons. The van der Waals surface area contributed by atoms with E-state index in [1.807, 2.05) is 0 Å². The molecule has 0 aliphatic heterocycles. The molecular weight excluding hydrogens is 291 g/mol. The molecule has 1 aromatic carbocycles. The van der Waals surface area contributed by atoms with E-state index in [2.05, 4.69) is 5.16 Å². The van der Waals surface area contributed by atoms with Gasteiger partial charge in [0, 0.05) is 22.6 Å². The monoisotopic (exact) mass is 303 g/mol. The molecule has 1 atom stereocenters. The van der Waals surface area contributed by atoms with Gasteiger partial charge in [-0.15, -0.1) is 0 Å². The molecule has 108 valence electrons. The number of hydrogen-bond donors (Lipinski definition) is 0. The van der Waals surface area contributed by atoms with Gasteiger partial charge in [0.2, 0.25) is 0 Å². The lowest BCUT2D eigenvalue weighted by molar-refractivity contribution is -0.137. The number of halogens is 3. The van der Waals surface area contributed by atoms with Crippen LogP contribution in [0.2, 0.25) is 0 Å². The number of aromatic nitrogens is 1. The Morgan fingerprint density at radius 3 is 2.60 bits per heavy atom. The van der Waals surface area contributed by atoms with Crippen molar-refractivity contribution in [3.8, 4) is 0 Å². The predicted molar refractivity (Wildman–Crippen MR) is 68.2 cm³/mol. The zero-order chi connectivity index (χ0) is 14.8. The van der Waals surface area contributed by atoms with Crippen molar-refractivity contribution in [2.45, 2.75) is 24.6 Å². The summed E-state index contributed by atoms with van der Waals surface area (Å²) in [7, 11) is -1.33. The van der Waals surface area contributed by atoms with Crippen LogP contribution in [0.4, 0.5) is 13.2 Å². The first-order valence-corrected chi connectivity index (χ1v) is 7.27. The summed E-state index contributed by atoms with van der Waals surface area (Å²) in [4.78, 5) is 0. The van der Waals surface area contributed by atoms with Gasteiger partial charge in [0.05, 0.1) is 17.0 Å². The molecule has 0 saturated heterocycles. The summed E-state index contributed by atoms with van der Waals surface area (Å²) in [6, 6.07) is 6.51. The van der Waals surface area contributed by atoms with Gasteiger partial charge in [0.25, 0.3) is 0 Å². The largest absolute Gasteiger partial charge is 0.416 e. The third-order valence-corrected chi connectivity index (χ3v) is 3.84. The topological polar surface area (TPSA) is 43.1 Å². The molecule has 0 unspecified atom stereocenters. The molecule has 0 N–H and O–H groups in total. The summed E-state index contributed by atoms with van der Waals surface area (Å²) >= 11 is 0. The minimum absolute atomic E-state index is 0.0514. The van der Waals surface area contributed by atoms with Gasteiger partial charge < -0.3 is 4.52 Å². The van der Waals surface area contributed by atoms with Gasteiger partial charge in [0.1, 0.15) is 5.76 Å². The molecule has 0 fully saturated rings. The van der Waals surface area contributed by atoms with Gasteiger partial charge in [-0.2, -0.15) is 13.2 Å². The lowest BCUT2D eigenvalue weighted by atomic mass is 10.1. The summed E-state index contributed by atoms with van der Waals surface area (Å²) in [5.74, 6) is 0.819. The van der Waals surface area contributed by atoms with E-state index in [0.717, 1.165) is 12.1 Å². The van der Waals surface area contributed by atoms with Crippen molar-refractivity contribution in [1.82, 2.24) is 5.16 Å². The lowest BCUT2D eigenvalue weighted by Gasteiger charge is -2.08. The van der Waals surface area contributed by atoms with Gasteiger partial charge in [-0.3, -0.25) is 4.21 Å². The quantitative estimate of drug-likeness (QED) is 0.869. The van der Waals surface area contributed by atoms with E-state index in [-0.39, 0.29) is 11.5 Å². The van der Waals surface area contributed by atoms with Crippen LogP contribution in [0.5, 0.6) is 0 Å². The molecule has 1 aromatic heterocycles. The first-order chi connectivity index (χ1) is 9.34. The maximum Gasteiger partial charge on any atom is 0.416 e. The maximum atomic E-state index is 12.6. The van der Waals surface area contributed by atoms with E-state index in [4.69, 9.17) is 4.52 Å². The van der Waals surface area contributed by atoms with Crippen LogP contribution in [0.15, 0.2) is 34.9 Å². The number of alkyl halides is 3. The molecule has 3 nitrogen and oxygen atoms in total. The molecule has 2 rings (SSSR count). The fraction of sp³-hybridized carbons (Fsp3) is 0.308. The fourth-order valence-corrected chi connectivity index (χ4v) is 2.84. The highest BCUT2D eigenvalue weighted by atomic mass is 32.2. The number of aryl methyl sites for hydroxylation is 1. The fourth-order valence-electron chi connectivity index (χ4n) is 1.73. The highest BCUT2D eigenvalue weighted by molar-refractivity contribution is 7.83. The molecule has 1 heterocycles. The van der Waals surface area contributed by atoms with Crippen LogP contribution in [0.25, 0.3) is 0 Å². The van der Waals surface area contributed by atoms with Crippen LogP contribution in [0, 0.1) is 6.92 Å². The Balaban J connectivity index is 2.04. The molecule has 0 amide bonds. The van der Waals surface area contributed by atoms with Gasteiger partial charge in [-0.05, 0) is 18.6 Å². The molecule has 2 aromatic rings. The van der Waals surface area contributed by atoms with Crippen molar-refractivity contribution < 1.29 is 21.9 Å². The second-order valence-electron chi connectivity index (χ2n) is 4.36. The number of benzene rings is 1.